The van der Waals surface area contributed by atoms with Crippen LogP contribution < -0.4 is 5.32 Å². The molecule has 0 saturated heterocycles. The van der Waals surface area contributed by atoms with Crippen molar-refractivity contribution < 1.29 is 9.21 Å². The first kappa shape index (κ1) is 16.5. The number of halogens is 1. The number of furan rings is 1. The number of aryl methyl sites for hydroxylation is 1. The molecular formula is C20H14BrN3O2. The van der Waals surface area contributed by atoms with E-state index in [-0.39, 0.29) is 5.91 Å². The number of benzene rings is 1. The maximum Gasteiger partial charge on any atom is 0.256 e. The number of pyridine rings is 2. The van der Waals surface area contributed by atoms with Crippen LogP contribution >= 0.6 is 15.9 Å². The van der Waals surface area contributed by atoms with Crippen LogP contribution in [-0.2, 0) is 0 Å². The van der Waals surface area contributed by atoms with E-state index in [1.54, 1.807) is 30.6 Å². The van der Waals surface area contributed by atoms with Crippen LogP contribution in [0.1, 0.15) is 16.1 Å². The summed E-state index contributed by atoms with van der Waals surface area (Å²) in [4.78, 5) is 21.6. The van der Waals surface area contributed by atoms with Gasteiger partial charge in [-0.2, -0.15) is 0 Å². The smallest absolute Gasteiger partial charge is 0.256 e. The Hall–Kier alpha value is -2.99. The zero-order valence-corrected chi connectivity index (χ0v) is 15.4. The third kappa shape index (κ3) is 3.23. The maximum atomic E-state index is 12.9. The number of fused-ring (bicyclic) bond motifs is 1. The molecule has 0 fully saturated rings. The molecule has 0 aliphatic rings. The lowest BCUT2D eigenvalue weighted by Gasteiger charge is -2.10. The van der Waals surface area contributed by atoms with Crippen LogP contribution in [0.5, 0.6) is 0 Å². The van der Waals surface area contributed by atoms with Crippen molar-refractivity contribution >= 4 is 38.4 Å². The number of amides is 1. The van der Waals surface area contributed by atoms with E-state index in [4.69, 9.17) is 4.42 Å². The van der Waals surface area contributed by atoms with Crippen molar-refractivity contribution in [3.63, 3.8) is 0 Å². The Bertz CT molecular complexity index is 1110. The minimum Gasteiger partial charge on any atom is -0.460 e. The number of anilines is 1. The van der Waals surface area contributed by atoms with Gasteiger partial charge in [0.2, 0.25) is 0 Å². The fraction of sp³-hybridized carbons (Fsp3) is 0.0500. The van der Waals surface area contributed by atoms with Gasteiger partial charge in [-0.3, -0.25) is 9.78 Å². The highest BCUT2D eigenvalue weighted by molar-refractivity contribution is 9.10. The molecule has 3 aromatic heterocycles. The van der Waals surface area contributed by atoms with Gasteiger partial charge < -0.3 is 9.73 Å². The molecule has 1 aromatic carbocycles. The fourth-order valence-corrected chi connectivity index (χ4v) is 3.08. The number of carbonyl (C=O) groups excluding carboxylic acids is 1. The highest BCUT2D eigenvalue weighted by Crippen LogP contribution is 2.28. The van der Waals surface area contributed by atoms with Crippen molar-refractivity contribution in [2.24, 2.45) is 0 Å². The van der Waals surface area contributed by atoms with E-state index in [0.717, 1.165) is 21.1 Å². The van der Waals surface area contributed by atoms with Gasteiger partial charge in [-0.15, -0.1) is 0 Å². The van der Waals surface area contributed by atoms with E-state index in [9.17, 15) is 4.79 Å². The summed E-state index contributed by atoms with van der Waals surface area (Å²) in [7, 11) is 0. The van der Waals surface area contributed by atoms with Crippen molar-refractivity contribution in [3.8, 4) is 11.5 Å². The summed E-state index contributed by atoms with van der Waals surface area (Å²) in [5.74, 6) is 1.19. The molecule has 0 bridgehead atoms. The minimum absolute atomic E-state index is 0.229. The van der Waals surface area contributed by atoms with Crippen molar-refractivity contribution in [1.82, 2.24) is 9.97 Å². The number of rotatable bonds is 3. The van der Waals surface area contributed by atoms with Crippen LogP contribution in [0.4, 0.5) is 5.69 Å². The Kier molecular flexibility index (Phi) is 4.26. The predicted octanol–water partition coefficient (Wildman–Crippen LogP) is 5.21. The third-order valence-corrected chi connectivity index (χ3v) is 4.42. The van der Waals surface area contributed by atoms with Crippen LogP contribution in [0.3, 0.4) is 0 Å². The first-order valence-electron chi connectivity index (χ1n) is 7.99. The van der Waals surface area contributed by atoms with Crippen LogP contribution in [0, 0.1) is 6.92 Å². The second kappa shape index (κ2) is 6.72. The molecule has 5 nitrogen and oxygen atoms in total. The Labute approximate surface area is 158 Å². The lowest BCUT2D eigenvalue weighted by molar-refractivity contribution is 0.102. The van der Waals surface area contributed by atoms with Crippen molar-refractivity contribution in [2.75, 3.05) is 5.32 Å². The van der Waals surface area contributed by atoms with Crippen molar-refractivity contribution in [1.29, 1.82) is 0 Å². The van der Waals surface area contributed by atoms with E-state index < -0.39 is 0 Å². The van der Waals surface area contributed by atoms with Crippen LogP contribution in [0.2, 0.25) is 0 Å². The molecule has 4 aromatic rings. The molecule has 1 amide bonds. The molecule has 3 heterocycles. The highest BCUT2D eigenvalue weighted by Gasteiger charge is 2.16. The van der Waals surface area contributed by atoms with Gasteiger partial charge in [-0.1, -0.05) is 15.9 Å². The number of hydrogen-bond acceptors (Lipinski definition) is 4. The number of nitrogens with one attached hydrogen (secondary N) is 1. The zero-order chi connectivity index (χ0) is 18.1. The number of hydrogen-bond donors (Lipinski definition) is 1. The summed E-state index contributed by atoms with van der Waals surface area (Å²) in [6.07, 6.45) is 3.26. The monoisotopic (exact) mass is 407 g/mol. The Morgan fingerprint density at radius 2 is 2.04 bits per heavy atom. The van der Waals surface area contributed by atoms with E-state index in [1.165, 1.54) is 0 Å². The van der Waals surface area contributed by atoms with Crippen LogP contribution in [0.25, 0.3) is 22.4 Å². The Balaban J connectivity index is 1.85. The van der Waals surface area contributed by atoms with Crippen LogP contribution in [-0.4, -0.2) is 15.9 Å². The van der Waals surface area contributed by atoms with Crippen molar-refractivity contribution in [3.05, 3.63) is 76.7 Å². The molecule has 128 valence electrons. The van der Waals surface area contributed by atoms with Gasteiger partial charge in [0.15, 0.2) is 5.76 Å². The molecule has 0 radical (unpaired) electrons. The summed E-state index contributed by atoms with van der Waals surface area (Å²) in [5, 5.41) is 3.64. The van der Waals surface area contributed by atoms with Gasteiger partial charge >= 0.3 is 0 Å². The summed E-state index contributed by atoms with van der Waals surface area (Å²) >= 11 is 3.46. The molecule has 0 aliphatic carbocycles. The highest BCUT2D eigenvalue weighted by atomic mass is 79.9. The fourth-order valence-electron chi connectivity index (χ4n) is 2.72. The van der Waals surface area contributed by atoms with Gasteiger partial charge in [0.05, 0.1) is 23.0 Å². The standard InChI is InChI=1S/C20H14BrN3O2/c1-12-4-7-19(26-12)18-10-16(15-9-13(21)5-6-17(15)24-18)20(25)23-14-3-2-8-22-11-14/h2-11H,1H3,(H,23,25). The molecule has 0 unspecified atom stereocenters. The van der Waals surface area contributed by atoms with E-state index in [2.05, 4.69) is 31.2 Å². The first-order valence-corrected chi connectivity index (χ1v) is 8.78. The minimum atomic E-state index is -0.229. The molecule has 26 heavy (non-hydrogen) atoms. The van der Waals surface area contributed by atoms with Crippen LogP contribution in [0.15, 0.2) is 69.8 Å². The maximum absolute atomic E-state index is 12.9. The third-order valence-electron chi connectivity index (χ3n) is 3.93. The predicted molar refractivity (Wildman–Crippen MR) is 104 cm³/mol. The zero-order valence-electron chi connectivity index (χ0n) is 13.9. The Morgan fingerprint density at radius 1 is 1.15 bits per heavy atom. The van der Waals surface area contributed by atoms with E-state index >= 15 is 0 Å². The first-order chi connectivity index (χ1) is 12.6. The molecule has 1 N–H and O–H groups in total. The topological polar surface area (TPSA) is 68.0 Å². The molecular weight excluding hydrogens is 394 g/mol. The molecule has 0 atom stereocenters. The van der Waals surface area contributed by atoms with Gasteiger partial charge in [0.1, 0.15) is 11.5 Å². The average Bonchev–Trinajstić information content (AvgIpc) is 3.08. The molecule has 4 rings (SSSR count). The SMILES string of the molecule is Cc1ccc(-c2cc(C(=O)Nc3cccnc3)c3cc(Br)ccc3n2)o1. The average molecular weight is 408 g/mol. The lowest BCUT2D eigenvalue weighted by atomic mass is 10.1. The second-order valence-corrected chi connectivity index (χ2v) is 6.74. The molecule has 0 saturated carbocycles. The van der Waals surface area contributed by atoms with Crippen molar-refractivity contribution in [2.45, 2.75) is 6.92 Å². The number of nitrogens with zero attached hydrogens (tertiary/aromatic N) is 2. The quantitative estimate of drug-likeness (QED) is 0.505. The molecule has 0 spiro atoms. The van der Waals surface area contributed by atoms with Gasteiger partial charge in [-0.25, -0.2) is 4.98 Å². The molecule has 6 heteroatoms. The second-order valence-electron chi connectivity index (χ2n) is 5.82. The van der Waals surface area contributed by atoms with E-state index in [1.807, 2.05) is 37.3 Å². The Morgan fingerprint density at radius 3 is 2.77 bits per heavy atom. The van der Waals surface area contributed by atoms with Gasteiger partial charge in [0, 0.05) is 16.1 Å². The lowest BCUT2D eigenvalue weighted by Crippen LogP contribution is -2.13. The summed E-state index contributed by atoms with van der Waals surface area (Å²) in [6, 6.07) is 14.7. The summed E-state index contributed by atoms with van der Waals surface area (Å²) < 4.78 is 6.56. The molecule has 0 aliphatic heterocycles. The van der Waals surface area contributed by atoms with Gasteiger partial charge in [-0.05, 0) is 55.5 Å². The largest absolute Gasteiger partial charge is 0.460 e. The number of aromatic nitrogens is 2. The summed E-state index contributed by atoms with van der Waals surface area (Å²) in [6.45, 7) is 1.87. The normalized spacial score (nSPS) is 10.8. The number of carbonyl (C=O) groups is 1. The van der Waals surface area contributed by atoms with E-state index in [0.29, 0.717) is 22.7 Å². The van der Waals surface area contributed by atoms with Gasteiger partial charge in [0.25, 0.3) is 5.91 Å². The summed E-state index contributed by atoms with van der Waals surface area (Å²) in [5.41, 5.74) is 2.48.